The minimum absolute atomic E-state index is 0.0477. The third-order valence-corrected chi connectivity index (χ3v) is 3.45. The standard InChI is InChI=1S/C17H24N4O3/c1-7-23-16(22)15-20-12(17(4,5)6)8-13(21-15)18-9-14-19-10(2)11(3)24-14/h8H,7,9H2,1-6H3,(H,18,20,21). The molecule has 0 radical (unpaired) electrons. The minimum atomic E-state index is -0.533. The fraction of sp³-hybridized carbons (Fsp3) is 0.529. The van der Waals surface area contributed by atoms with Gasteiger partial charge in [0.15, 0.2) is 0 Å². The van der Waals surface area contributed by atoms with E-state index >= 15 is 0 Å². The molecule has 0 amide bonds. The van der Waals surface area contributed by atoms with Crippen LogP contribution in [-0.4, -0.2) is 27.5 Å². The second-order valence-corrected chi connectivity index (χ2v) is 6.54. The third-order valence-electron chi connectivity index (χ3n) is 3.45. The first-order valence-corrected chi connectivity index (χ1v) is 7.94. The first-order chi connectivity index (χ1) is 11.2. The van der Waals surface area contributed by atoms with Crippen molar-refractivity contribution in [1.82, 2.24) is 15.0 Å². The van der Waals surface area contributed by atoms with Crippen LogP contribution in [0.25, 0.3) is 0 Å². The lowest BCUT2D eigenvalue weighted by molar-refractivity contribution is 0.0511. The molecule has 24 heavy (non-hydrogen) atoms. The molecular formula is C17H24N4O3. The minimum Gasteiger partial charge on any atom is -0.460 e. The number of carbonyl (C=O) groups is 1. The summed E-state index contributed by atoms with van der Waals surface area (Å²) >= 11 is 0. The Hall–Kier alpha value is -2.44. The monoisotopic (exact) mass is 332 g/mol. The van der Waals surface area contributed by atoms with Crippen LogP contribution in [0.2, 0.25) is 0 Å². The number of esters is 1. The number of nitrogens with one attached hydrogen (secondary N) is 1. The van der Waals surface area contributed by atoms with Crippen LogP contribution in [0.4, 0.5) is 5.82 Å². The lowest BCUT2D eigenvalue weighted by Gasteiger charge is -2.19. The van der Waals surface area contributed by atoms with Crippen LogP contribution >= 0.6 is 0 Å². The second-order valence-electron chi connectivity index (χ2n) is 6.54. The summed E-state index contributed by atoms with van der Waals surface area (Å²) in [6.45, 7) is 12.2. The Morgan fingerprint density at radius 3 is 2.50 bits per heavy atom. The Morgan fingerprint density at radius 1 is 1.25 bits per heavy atom. The van der Waals surface area contributed by atoms with Gasteiger partial charge in [0.25, 0.3) is 0 Å². The zero-order chi connectivity index (χ0) is 17.9. The van der Waals surface area contributed by atoms with Crippen LogP contribution in [0.1, 0.15) is 61.4 Å². The van der Waals surface area contributed by atoms with Crippen molar-refractivity contribution in [2.45, 2.75) is 53.5 Å². The number of nitrogens with zero attached hydrogens (tertiary/aromatic N) is 3. The first-order valence-electron chi connectivity index (χ1n) is 7.94. The summed E-state index contributed by atoms with van der Waals surface area (Å²) in [4.78, 5) is 24.9. The van der Waals surface area contributed by atoms with Gasteiger partial charge in [-0.1, -0.05) is 20.8 Å². The number of hydrogen-bond acceptors (Lipinski definition) is 7. The van der Waals surface area contributed by atoms with E-state index in [1.165, 1.54) is 0 Å². The average molecular weight is 332 g/mol. The van der Waals surface area contributed by atoms with Crippen LogP contribution in [0.15, 0.2) is 10.5 Å². The van der Waals surface area contributed by atoms with Crippen molar-refractivity contribution in [2.75, 3.05) is 11.9 Å². The lowest BCUT2D eigenvalue weighted by atomic mass is 9.92. The van der Waals surface area contributed by atoms with E-state index in [2.05, 4.69) is 20.3 Å². The molecule has 0 atom stereocenters. The molecule has 2 rings (SSSR count). The molecule has 2 heterocycles. The van der Waals surface area contributed by atoms with E-state index in [0.29, 0.717) is 18.3 Å². The smallest absolute Gasteiger partial charge is 0.376 e. The molecule has 0 aliphatic heterocycles. The largest absolute Gasteiger partial charge is 0.460 e. The molecule has 0 bridgehead atoms. The summed E-state index contributed by atoms with van der Waals surface area (Å²) < 4.78 is 10.6. The molecule has 1 N–H and O–H groups in total. The number of hydrogen-bond donors (Lipinski definition) is 1. The Morgan fingerprint density at radius 2 is 1.96 bits per heavy atom. The quantitative estimate of drug-likeness (QED) is 0.841. The van der Waals surface area contributed by atoms with Gasteiger partial charge >= 0.3 is 5.97 Å². The highest BCUT2D eigenvalue weighted by atomic mass is 16.5. The molecular weight excluding hydrogens is 308 g/mol. The fourth-order valence-electron chi connectivity index (χ4n) is 1.99. The summed E-state index contributed by atoms with van der Waals surface area (Å²) in [5, 5.41) is 3.14. The van der Waals surface area contributed by atoms with Crippen molar-refractivity contribution in [3.63, 3.8) is 0 Å². The number of carbonyl (C=O) groups excluding carboxylic acids is 1. The van der Waals surface area contributed by atoms with E-state index in [1.54, 1.807) is 6.92 Å². The Kier molecular flexibility index (Phi) is 5.21. The normalized spacial score (nSPS) is 11.4. The highest BCUT2D eigenvalue weighted by Gasteiger charge is 2.21. The number of aryl methyl sites for hydroxylation is 2. The predicted molar refractivity (Wildman–Crippen MR) is 90.0 cm³/mol. The molecule has 0 saturated carbocycles. The maximum atomic E-state index is 12.0. The van der Waals surface area contributed by atoms with Gasteiger partial charge in [-0.2, -0.15) is 0 Å². The lowest BCUT2D eigenvalue weighted by Crippen LogP contribution is -2.19. The number of aromatic nitrogens is 3. The highest BCUT2D eigenvalue weighted by molar-refractivity contribution is 5.85. The molecule has 7 heteroatoms. The van der Waals surface area contributed by atoms with Crippen molar-refractivity contribution in [3.05, 3.63) is 34.9 Å². The van der Waals surface area contributed by atoms with E-state index < -0.39 is 5.97 Å². The molecule has 0 fully saturated rings. The van der Waals surface area contributed by atoms with E-state index in [0.717, 1.165) is 17.1 Å². The maximum Gasteiger partial charge on any atom is 0.376 e. The Labute approximate surface area is 141 Å². The van der Waals surface area contributed by atoms with Crippen LogP contribution in [0, 0.1) is 13.8 Å². The molecule has 130 valence electrons. The van der Waals surface area contributed by atoms with Gasteiger partial charge in [-0.15, -0.1) is 0 Å². The van der Waals surface area contributed by atoms with Crippen molar-refractivity contribution >= 4 is 11.8 Å². The van der Waals surface area contributed by atoms with Gasteiger partial charge in [0.2, 0.25) is 11.7 Å². The van der Waals surface area contributed by atoms with Gasteiger partial charge in [0.1, 0.15) is 11.6 Å². The average Bonchev–Trinajstić information content (AvgIpc) is 2.83. The van der Waals surface area contributed by atoms with Gasteiger partial charge < -0.3 is 14.5 Å². The summed E-state index contributed by atoms with van der Waals surface area (Å²) in [5.41, 5.74) is 1.39. The van der Waals surface area contributed by atoms with Gasteiger partial charge in [0.05, 0.1) is 24.5 Å². The van der Waals surface area contributed by atoms with Gasteiger partial charge in [0, 0.05) is 11.5 Å². The van der Waals surface area contributed by atoms with Gasteiger partial charge in [-0.3, -0.25) is 0 Å². The summed E-state index contributed by atoms with van der Waals surface area (Å²) in [7, 11) is 0. The first kappa shape index (κ1) is 17.9. The Bertz CT molecular complexity index is 712. The predicted octanol–water partition coefficient (Wildman–Crippen LogP) is 3.17. The second kappa shape index (κ2) is 6.98. The number of rotatable bonds is 5. The molecule has 2 aromatic rings. The van der Waals surface area contributed by atoms with Gasteiger partial charge in [-0.05, 0) is 20.8 Å². The number of anilines is 1. The SMILES string of the molecule is CCOC(=O)c1nc(NCc2nc(C)c(C)o2)cc(C(C)(C)C)n1. The van der Waals surface area contributed by atoms with Crippen LogP contribution in [0.3, 0.4) is 0 Å². The number of oxazole rings is 1. The third kappa shape index (κ3) is 4.31. The van der Waals surface area contributed by atoms with E-state index in [9.17, 15) is 4.79 Å². The van der Waals surface area contributed by atoms with Gasteiger partial charge in [-0.25, -0.2) is 19.7 Å². The van der Waals surface area contributed by atoms with Crippen LogP contribution in [0.5, 0.6) is 0 Å². The zero-order valence-corrected chi connectivity index (χ0v) is 15.1. The summed E-state index contributed by atoms with van der Waals surface area (Å²) in [6.07, 6.45) is 0. The zero-order valence-electron chi connectivity index (χ0n) is 15.1. The summed E-state index contributed by atoms with van der Waals surface area (Å²) in [5.74, 6) is 1.41. The molecule has 0 aliphatic rings. The number of ether oxygens (including phenoxy) is 1. The van der Waals surface area contributed by atoms with Crippen molar-refractivity contribution in [1.29, 1.82) is 0 Å². The van der Waals surface area contributed by atoms with Crippen molar-refractivity contribution in [2.24, 2.45) is 0 Å². The summed E-state index contributed by atoms with van der Waals surface area (Å²) in [6, 6.07) is 1.82. The van der Waals surface area contributed by atoms with E-state index in [1.807, 2.05) is 40.7 Å². The Balaban J connectivity index is 2.27. The van der Waals surface area contributed by atoms with E-state index in [-0.39, 0.29) is 17.8 Å². The van der Waals surface area contributed by atoms with Crippen molar-refractivity contribution < 1.29 is 13.9 Å². The molecule has 0 unspecified atom stereocenters. The van der Waals surface area contributed by atoms with E-state index in [4.69, 9.17) is 9.15 Å². The molecule has 0 spiro atoms. The molecule has 0 aliphatic carbocycles. The maximum absolute atomic E-state index is 12.0. The topological polar surface area (TPSA) is 90.1 Å². The molecule has 2 aromatic heterocycles. The fourth-order valence-corrected chi connectivity index (χ4v) is 1.99. The molecule has 0 aromatic carbocycles. The van der Waals surface area contributed by atoms with Crippen molar-refractivity contribution in [3.8, 4) is 0 Å². The van der Waals surface area contributed by atoms with Crippen LogP contribution < -0.4 is 5.32 Å². The van der Waals surface area contributed by atoms with Crippen LogP contribution in [-0.2, 0) is 16.7 Å². The molecule has 7 nitrogen and oxygen atoms in total. The highest BCUT2D eigenvalue weighted by Crippen LogP contribution is 2.23. The molecule has 0 saturated heterocycles.